The number of carbonyl (C=O) groups is 2. The van der Waals surface area contributed by atoms with Crippen LogP contribution in [0.5, 0.6) is 0 Å². The number of rotatable bonds is 8. The number of carbonyl (C=O) groups excluding carboxylic acids is 2. The number of halogens is 3. The predicted molar refractivity (Wildman–Crippen MR) is 133 cm³/mol. The second-order valence-corrected chi connectivity index (χ2v) is 11.7. The minimum absolute atomic E-state index is 0.00729. The Labute approximate surface area is 209 Å². The minimum Gasteiger partial charge on any atom is -0.350 e. The lowest BCUT2D eigenvalue weighted by Crippen LogP contribution is -2.54. The molecular formula is C23H28Cl2FN3O4S. The van der Waals surface area contributed by atoms with Gasteiger partial charge in [-0.25, -0.2) is 12.8 Å². The van der Waals surface area contributed by atoms with Crippen LogP contribution in [0.1, 0.15) is 33.3 Å². The Bertz CT molecular complexity index is 1170. The van der Waals surface area contributed by atoms with Gasteiger partial charge < -0.3 is 10.2 Å². The van der Waals surface area contributed by atoms with Crippen LogP contribution in [0, 0.1) is 5.82 Å². The summed E-state index contributed by atoms with van der Waals surface area (Å²) in [7, 11) is -3.95. The van der Waals surface area contributed by atoms with E-state index in [4.69, 9.17) is 23.2 Å². The molecule has 7 nitrogen and oxygen atoms in total. The van der Waals surface area contributed by atoms with Crippen LogP contribution >= 0.6 is 23.2 Å². The number of hydrogen-bond acceptors (Lipinski definition) is 4. The third-order valence-electron chi connectivity index (χ3n) is 4.80. The molecule has 34 heavy (non-hydrogen) atoms. The summed E-state index contributed by atoms with van der Waals surface area (Å²) in [5.41, 5.74) is -0.0446. The quantitative estimate of drug-likeness (QED) is 0.552. The van der Waals surface area contributed by atoms with Crippen LogP contribution < -0.4 is 9.62 Å². The van der Waals surface area contributed by atoms with Crippen LogP contribution in [0.2, 0.25) is 10.0 Å². The smallest absolute Gasteiger partial charge is 0.244 e. The molecule has 2 amide bonds. The topological polar surface area (TPSA) is 86.8 Å². The second-order valence-electron chi connectivity index (χ2n) is 8.92. The van der Waals surface area contributed by atoms with Gasteiger partial charge in [0, 0.05) is 22.1 Å². The molecule has 2 aromatic carbocycles. The number of amides is 2. The fraction of sp³-hybridized carbons (Fsp3) is 0.391. The summed E-state index contributed by atoms with van der Waals surface area (Å²) in [6.45, 7) is 6.23. The highest BCUT2D eigenvalue weighted by molar-refractivity contribution is 7.92. The van der Waals surface area contributed by atoms with Gasteiger partial charge in [-0.1, -0.05) is 35.3 Å². The van der Waals surface area contributed by atoms with Gasteiger partial charge in [0.2, 0.25) is 21.8 Å². The van der Waals surface area contributed by atoms with Crippen LogP contribution in [0.15, 0.2) is 42.5 Å². The Morgan fingerprint density at radius 1 is 1.12 bits per heavy atom. The van der Waals surface area contributed by atoms with Crippen molar-refractivity contribution in [3.8, 4) is 0 Å². The van der Waals surface area contributed by atoms with E-state index in [9.17, 15) is 22.4 Å². The summed E-state index contributed by atoms with van der Waals surface area (Å²) in [5.74, 6) is -1.75. The molecule has 0 saturated carbocycles. The summed E-state index contributed by atoms with van der Waals surface area (Å²) in [6, 6.07) is 8.68. The van der Waals surface area contributed by atoms with Crippen LogP contribution in [-0.4, -0.2) is 49.5 Å². The lowest BCUT2D eigenvalue weighted by molar-refractivity contribution is -0.140. The molecular weight excluding hydrogens is 504 g/mol. The summed E-state index contributed by atoms with van der Waals surface area (Å²) in [4.78, 5) is 27.6. The number of hydrogen-bond donors (Lipinski definition) is 1. The number of nitrogens with one attached hydrogen (secondary N) is 1. The first-order valence-electron chi connectivity index (χ1n) is 10.4. The van der Waals surface area contributed by atoms with Gasteiger partial charge in [0.05, 0.1) is 11.9 Å². The molecule has 0 heterocycles. The van der Waals surface area contributed by atoms with Crippen molar-refractivity contribution < 1.29 is 22.4 Å². The molecule has 0 fully saturated rings. The van der Waals surface area contributed by atoms with Crippen molar-refractivity contribution in [2.45, 2.75) is 45.8 Å². The van der Waals surface area contributed by atoms with E-state index in [0.29, 0.717) is 15.6 Å². The third-order valence-corrected chi connectivity index (χ3v) is 6.52. The SMILES string of the molecule is CC(C(=O)NC(C)(C)C)N(Cc1ccc(Cl)cc1Cl)C(=O)CN(c1cccc(F)c1)S(C)(=O)=O. The van der Waals surface area contributed by atoms with Crippen LogP contribution in [-0.2, 0) is 26.2 Å². The number of sulfonamides is 1. The average Bonchev–Trinajstić information content (AvgIpc) is 2.68. The molecule has 0 aliphatic rings. The van der Waals surface area contributed by atoms with Crippen molar-refractivity contribution in [1.82, 2.24) is 10.2 Å². The molecule has 0 radical (unpaired) electrons. The molecule has 0 spiro atoms. The average molecular weight is 532 g/mol. The third kappa shape index (κ3) is 7.85. The van der Waals surface area contributed by atoms with Gasteiger partial charge in [-0.05, 0) is 63.6 Å². The summed E-state index contributed by atoms with van der Waals surface area (Å²) >= 11 is 12.3. The molecule has 1 atom stereocenters. The van der Waals surface area contributed by atoms with Gasteiger partial charge in [0.1, 0.15) is 18.4 Å². The fourth-order valence-corrected chi connectivity index (χ4v) is 4.44. The van der Waals surface area contributed by atoms with Gasteiger partial charge in [0.15, 0.2) is 0 Å². The maximum absolute atomic E-state index is 13.8. The Morgan fingerprint density at radius 3 is 2.29 bits per heavy atom. The highest BCUT2D eigenvalue weighted by atomic mass is 35.5. The molecule has 0 aliphatic heterocycles. The van der Waals surface area contributed by atoms with Crippen molar-refractivity contribution in [2.24, 2.45) is 0 Å². The summed E-state index contributed by atoms with van der Waals surface area (Å²) < 4.78 is 39.5. The molecule has 0 saturated heterocycles. The van der Waals surface area contributed by atoms with E-state index in [-0.39, 0.29) is 12.2 Å². The van der Waals surface area contributed by atoms with E-state index in [2.05, 4.69) is 5.32 Å². The van der Waals surface area contributed by atoms with E-state index in [1.165, 1.54) is 36.1 Å². The van der Waals surface area contributed by atoms with E-state index >= 15 is 0 Å². The molecule has 1 N–H and O–H groups in total. The highest BCUT2D eigenvalue weighted by Crippen LogP contribution is 2.24. The second kappa shape index (κ2) is 10.9. The normalized spacial score (nSPS) is 12.7. The van der Waals surface area contributed by atoms with E-state index in [1.54, 1.807) is 32.9 Å². The van der Waals surface area contributed by atoms with Gasteiger partial charge in [-0.3, -0.25) is 13.9 Å². The fourth-order valence-electron chi connectivity index (χ4n) is 3.14. The lowest BCUT2D eigenvalue weighted by Gasteiger charge is -2.33. The van der Waals surface area contributed by atoms with Crippen molar-refractivity contribution in [2.75, 3.05) is 17.1 Å². The van der Waals surface area contributed by atoms with Crippen molar-refractivity contribution in [3.63, 3.8) is 0 Å². The minimum atomic E-state index is -3.95. The molecule has 2 aromatic rings. The highest BCUT2D eigenvalue weighted by Gasteiger charge is 2.31. The first-order valence-corrected chi connectivity index (χ1v) is 13.0. The molecule has 0 aliphatic carbocycles. The van der Waals surface area contributed by atoms with E-state index in [0.717, 1.165) is 16.6 Å². The Hall–Kier alpha value is -2.36. The largest absolute Gasteiger partial charge is 0.350 e. The van der Waals surface area contributed by atoms with Gasteiger partial charge in [-0.2, -0.15) is 0 Å². The van der Waals surface area contributed by atoms with Crippen LogP contribution in [0.25, 0.3) is 0 Å². The Morgan fingerprint density at radius 2 is 1.76 bits per heavy atom. The maximum atomic E-state index is 13.8. The lowest BCUT2D eigenvalue weighted by atomic mass is 10.1. The molecule has 0 aromatic heterocycles. The number of benzene rings is 2. The van der Waals surface area contributed by atoms with Gasteiger partial charge >= 0.3 is 0 Å². The van der Waals surface area contributed by atoms with Crippen LogP contribution in [0.4, 0.5) is 10.1 Å². The van der Waals surface area contributed by atoms with Gasteiger partial charge in [-0.15, -0.1) is 0 Å². The summed E-state index contributed by atoms with van der Waals surface area (Å²) in [5, 5.41) is 3.51. The zero-order chi connectivity index (χ0) is 25.8. The van der Waals surface area contributed by atoms with Crippen LogP contribution in [0.3, 0.4) is 0 Å². The number of anilines is 1. The first kappa shape index (κ1) is 27.9. The standard InChI is InChI=1S/C23H28Cl2FN3O4S/c1-15(22(31)27-23(2,3)4)28(13-16-9-10-17(24)11-20(16)25)21(30)14-29(34(5,32)33)19-8-6-7-18(26)12-19/h6-12,15H,13-14H2,1-5H3,(H,27,31). The van der Waals surface area contributed by atoms with E-state index < -0.39 is 45.8 Å². The molecule has 11 heteroatoms. The monoisotopic (exact) mass is 531 g/mol. The Balaban J connectivity index is 2.44. The van der Waals surface area contributed by atoms with Gasteiger partial charge in [0.25, 0.3) is 0 Å². The molecule has 1 unspecified atom stereocenters. The first-order chi connectivity index (χ1) is 15.6. The molecule has 0 bridgehead atoms. The summed E-state index contributed by atoms with van der Waals surface area (Å²) in [6.07, 6.45) is 0.918. The zero-order valence-electron chi connectivity index (χ0n) is 19.6. The molecule has 2 rings (SSSR count). The molecule has 186 valence electrons. The van der Waals surface area contributed by atoms with E-state index in [1.807, 2.05) is 0 Å². The van der Waals surface area contributed by atoms with Crippen molar-refractivity contribution in [1.29, 1.82) is 0 Å². The Kier molecular flexibility index (Phi) is 8.96. The number of nitrogens with zero attached hydrogens (tertiary/aromatic N) is 2. The van der Waals surface area contributed by atoms with Crippen molar-refractivity contribution in [3.05, 3.63) is 63.9 Å². The van der Waals surface area contributed by atoms with Crippen molar-refractivity contribution >= 4 is 50.7 Å². The zero-order valence-corrected chi connectivity index (χ0v) is 21.9. The maximum Gasteiger partial charge on any atom is 0.244 e. The predicted octanol–water partition coefficient (Wildman–Crippen LogP) is 4.23.